The second kappa shape index (κ2) is 12.3. The van der Waals surface area contributed by atoms with Gasteiger partial charge in [-0.2, -0.15) is 10.2 Å². The Balaban J connectivity index is 1.29. The van der Waals surface area contributed by atoms with Crippen LogP contribution in [0.4, 0.5) is 8.78 Å². The molecule has 0 aromatic heterocycles. The van der Waals surface area contributed by atoms with Crippen LogP contribution in [0.5, 0.6) is 11.5 Å². The van der Waals surface area contributed by atoms with Gasteiger partial charge in [-0.3, -0.25) is 9.79 Å². The van der Waals surface area contributed by atoms with Crippen molar-refractivity contribution in [1.29, 1.82) is 0 Å². The van der Waals surface area contributed by atoms with Crippen LogP contribution in [0.1, 0.15) is 35.6 Å². The van der Waals surface area contributed by atoms with Crippen LogP contribution >= 0.6 is 11.8 Å². The topological polar surface area (TPSA) is 87.9 Å². The number of benzene rings is 3. The molecule has 3 aromatic rings. The number of thioether (sulfide) groups is 1. The number of halogens is 2. The highest BCUT2D eigenvalue weighted by Crippen LogP contribution is 2.39. The minimum absolute atomic E-state index is 0.0498. The Bertz CT molecular complexity index is 1460. The number of aliphatic imine (C=N–C) groups is 1. The maximum Gasteiger partial charge on any atom is 0.242 e. The third-order valence-corrected chi connectivity index (χ3v) is 7.58. The second-order valence-corrected chi connectivity index (χ2v) is 10.1. The summed E-state index contributed by atoms with van der Waals surface area (Å²) < 4.78 is 40.1. The number of nitrogens with one attached hydrogen (secondary N) is 1. The van der Waals surface area contributed by atoms with Crippen LogP contribution in [0.3, 0.4) is 0 Å². The molecule has 2 unspecified atom stereocenters. The van der Waals surface area contributed by atoms with Crippen molar-refractivity contribution >= 4 is 34.8 Å². The number of rotatable bonds is 8. The average molecular weight is 564 g/mol. The largest absolute Gasteiger partial charge is 0.493 e. The van der Waals surface area contributed by atoms with Crippen LogP contribution in [0.2, 0.25) is 0 Å². The normalized spacial score (nSPS) is 18.6. The van der Waals surface area contributed by atoms with Gasteiger partial charge in [-0.05, 0) is 41.5 Å². The zero-order valence-corrected chi connectivity index (χ0v) is 22.7. The van der Waals surface area contributed by atoms with Crippen molar-refractivity contribution in [3.8, 4) is 11.5 Å². The maximum absolute atomic E-state index is 14.8. The summed E-state index contributed by atoms with van der Waals surface area (Å²) in [6.45, 7) is 0. The molecule has 2 aliphatic rings. The van der Waals surface area contributed by atoms with Gasteiger partial charge in [-0.15, -0.1) is 0 Å². The van der Waals surface area contributed by atoms with Gasteiger partial charge in [0, 0.05) is 17.7 Å². The Hall–Kier alpha value is -4.25. The molecule has 0 saturated carbocycles. The lowest BCUT2D eigenvalue weighted by atomic mass is 9.98. The number of hydrogen-bond acceptors (Lipinski definition) is 8. The number of nitrogens with zero attached hydrogens (tertiary/aromatic N) is 4. The van der Waals surface area contributed by atoms with Crippen LogP contribution in [-0.2, 0) is 4.79 Å². The van der Waals surface area contributed by atoms with Crippen molar-refractivity contribution in [3.63, 3.8) is 0 Å². The molecule has 2 atom stereocenters. The highest BCUT2D eigenvalue weighted by Gasteiger charge is 2.37. The van der Waals surface area contributed by atoms with Gasteiger partial charge in [0.15, 0.2) is 16.7 Å². The van der Waals surface area contributed by atoms with Crippen LogP contribution in [0, 0.1) is 11.6 Å². The van der Waals surface area contributed by atoms with Gasteiger partial charge in [-0.25, -0.2) is 19.2 Å². The molecule has 3 aromatic carbocycles. The van der Waals surface area contributed by atoms with E-state index in [4.69, 9.17) is 19.6 Å². The molecule has 1 N–H and O–H groups in total. The molecule has 206 valence electrons. The summed E-state index contributed by atoms with van der Waals surface area (Å²) in [5.74, 6) is 0.101. The fraction of sp³-hybridized carbons (Fsp3) is 0.241. The lowest BCUT2D eigenvalue weighted by Gasteiger charge is -2.23. The third-order valence-electron chi connectivity index (χ3n) is 6.48. The number of amides is 1. The number of methoxy groups -OCH3 is 2. The van der Waals surface area contributed by atoms with E-state index in [0.717, 1.165) is 11.1 Å². The van der Waals surface area contributed by atoms with E-state index in [0.29, 0.717) is 34.6 Å². The van der Waals surface area contributed by atoms with Crippen molar-refractivity contribution in [2.24, 2.45) is 15.2 Å². The average Bonchev–Trinajstić information content (AvgIpc) is 3.61. The summed E-state index contributed by atoms with van der Waals surface area (Å²) in [4.78, 5) is 17.3. The molecule has 0 saturated heterocycles. The number of amidine groups is 1. The lowest BCUT2D eigenvalue weighted by Crippen LogP contribution is -2.26. The Labute approximate surface area is 234 Å². The van der Waals surface area contributed by atoms with E-state index in [9.17, 15) is 13.6 Å². The summed E-state index contributed by atoms with van der Waals surface area (Å²) in [7, 11) is 3.09. The predicted molar refractivity (Wildman–Crippen MR) is 152 cm³/mol. The van der Waals surface area contributed by atoms with Gasteiger partial charge in [0.2, 0.25) is 5.91 Å². The van der Waals surface area contributed by atoms with Crippen LogP contribution in [0.25, 0.3) is 0 Å². The standard InChI is InChI=1S/C29H27F2N5O3S/c1-38-25-12-11-18(13-26(25)39-2)16-32-34-27(37)14-20-17-40-29(33-20)36-24(28-21(30)9-6-10-22(28)31)15-23(35-36)19-7-4-3-5-8-19/h3-13,16,20,24H,14-15,17H2,1-2H3,(H,34,37)/b32-16+. The second-order valence-electron chi connectivity index (χ2n) is 9.10. The van der Waals surface area contributed by atoms with Gasteiger partial charge < -0.3 is 9.47 Å². The van der Waals surface area contributed by atoms with E-state index in [-0.39, 0.29) is 23.9 Å². The molecular formula is C29H27F2N5O3S. The summed E-state index contributed by atoms with van der Waals surface area (Å²) >= 11 is 1.41. The Kier molecular flexibility index (Phi) is 8.40. The molecular weight excluding hydrogens is 536 g/mol. The fourth-order valence-electron chi connectivity index (χ4n) is 4.55. The predicted octanol–water partition coefficient (Wildman–Crippen LogP) is 5.14. The molecule has 0 spiro atoms. The summed E-state index contributed by atoms with van der Waals surface area (Å²) in [5.41, 5.74) is 4.78. The SMILES string of the molecule is COc1ccc(/C=N/NC(=O)CC2CSC(N3N=C(c4ccccc4)CC3c3c(F)cccc3F)=N2)cc1OC. The van der Waals surface area contributed by atoms with E-state index in [1.807, 2.05) is 30.3 Å². The zero-order chi connectivity index (χ0) is 28.1. The van der Waals surface area contributed by atoms with Gasteiger partial charge >= 0.3 is 0 Å². The highest BCUT2D eigenvalue weighted by atomic mass is 32.2. The minimum Gasteiger partial charge on any atom is -0.493 e. The molecule has 0 radical (unpaired) electrons. The molecule has 0 aliphatic carbocycles. The first-order valence-electron chi connectivity index (χ1n) is 12.6. The van der Waals surface area contributed by atoms with E-state index in [2.05, 4.69) is 10.5 Å². The molecule has 2 heterocycles. The monoisotopic (exact) mass is 563 g/mol. The van der Waals surface area contributed by atoms with Crippen molar-refractivity contribution in [3.05, 3.63) is 95.1 Å². The molecule has 0 fully saturated rings. The Morgan fingerprint density at radius 2 is 1.82 bits per heavy atom. The first-order valence-corrected chi connectivity index (χ1v) is 13.6. The number of hydrogen-bond donors (Lipinski definition) is 1. The third kappa shape index (κ3) is 5.99. The van der Waals surface area contributed by atoms with Gasteiger partial charge in [0.25, 0.3) is 0 Å². The first kappa shape index (κ1) is 27.3. The fourth-order valence-corrected chi connectivity index (χ4v) is 5.61. The number of hydrazone groups is 2. The van der Waals surface area contributed by atoms with Crippen molar-refractivity contribution < 1.29 is 23.0 Å². The first-order chi connectivity index (χ1) is 19.5. The summed E-state index contributed by atoms with van der Waals surface area (Å²) in [6, 6.07) is 17.6. The van der Waals surface area contributed by atoms with Crippen molar-refractivity contribution in [2.45, 2.75) is 24.9 Å². The van der Waals surface area contributed by atoms with Crippen molar-refractivity contribution in [1.82, 2.24) is 10.4 Å². The quantitative estimate of drug-likeness (QED) is 0.303. The van der Waals surface area contributed by atoms with E-state index < -0.39 is 17.7 Å². The van der Waals surface area contributed by atoms with Gasteiger partial charge in [0.05, 0.1) is 44.7 Å². The van der Waals surface area contributed by atoms with E-state index in [1.165, 1.54) is 36.2 Å². The van der Waals surface area contributed by atoms with E-state index >= 15 is 0 Å². The van der Waals surface area contributed by atoms with Gasteiger partial charge in [0.1, 0.15) is 11.6 Å². The number of carbonyl (C=O) groups is 1. The molecule has 2 aliphatic heterocycles. The molecule has 11 heteroatoms. The maximum atomic E-state index is 14.8. The molecule has 0 bridgehead atoms. The van der Waals surface area contributed by atoms with Crippen LogP contribution < -0.4 is 14.9 Å². The lowest BCUT2D eigenvalue weighted by molar-refractivity contribution is -0.121. The van der Waals surface area contributed by atoms with Gasteiger partial charge in [-0.1, -0.05) is 48.2 Å². The molecule has 1 amide bonds. The van der Waals surface area contributed by atoms with E-state index in [1.54, 1.807) is 37.4 Å². The number of carbonyl (C=O) groups excluding carboxylic acids is 1. The summed E-state index contributed by atoms with van der Waals surface area (Å²) in [5, 5.41) is 10.9. The smallest absolute Gasteiger partial charge is 0.242 e. The van der Waals surface area contributed by atoms with Crippen LogP contribution in [0.15, 0.2) is 81.9 Å². The Morgan fingerprint density at radius 1 is 1.07 bits per heavy atom. The Morgan fingerprint density at radius 3 is 2.55 bits per heavy atom. The summed E-state index contributed by atoms with van der Waals surface area (Å²) in [6.07, 6.45) is 1.93. The minimum atomic E-state index is -0.693. The molecule has 5 rings (SSSR count). The molecule has 8 nitrogen and oxygen atoms in total. The highest BCUT2D eigenvalue weighted by molar-refractivity contribution is 8.14. The zero-order valence-electron chi connectivity index (χ0n) is 21.9. The molecule has 40 heavy (non-hydrogen) atoms. The van der Waals surface area contributed by atoms with Crippen molar-refractivity contribution in [2.75, 3.05) is 20.0 Å². The van der Waals surface area contributed by atoms with Crippen LogP contribution in [-0.4, -0.2) is 54.0 Å². The number of ether oxygens (including phenoxy) is 2.